The molecule has 1 atom stereocenters. The van der Waals surface area contributed by atoms with Crippen molar-refractivity contribution in [2.45, 2.75) is 24.9 Å². The number of nitrogens with zero attached hydrogens (tertiary/aromatic N) is 3. The molecule has 1 amide bonds. The number of ether oxygens (including phenoxy) is 1. The SMILES string of the molecule is Cn1cc(C(=O)N2CCCC(O)(COc3ccc(F)cc3)CC2)cn1. The van der Waals surface area contributed by atoms with Crippen LogP contribution in [0.25, 0.3) is 0 Å². The van der Waals surface area contributed by atoms with Crippen molar-refractivity contribution in [3.63, 3.8) is 0 Å². The normalized spacial score (nSPS) is 21.0. The van der Waals surface area contributed by atoms with Crippen LogP contribution < -0.4 is 4.74 Å². The van der Waals surface area contributed by atoms with Crippen molar-refractivity contribution in [1.29, 1.82) is 0 Å². The summed E-state index contributed by atoms with van der Waals surface area (Å²) in [7, 11) is 1.77. The maximum Gasteiger partial charge on any atom is 0.257 e. The molecule has 2 heterocycles. The van der Waals surface area contributed by atoms with Gasteiger partial charge in [-0.2, -0.15) is 5.10 Å². The third kappa shape index (κ3) is 4.36. The van der Waals surface area contributed by atoms with Crippen LogP contribution in [0.3, 0.4) is 0 Å². The quantitative estimate of drug-likeness (QED) is 0.919. The molecule has 1 aromatic heterocycles. The van der Waals surface area contributed by atoms with E-state index in [9.17, 15) is 14.3 Å². The molecular weight excluding hydrogens is 325 g/mol. The lowest BCUT2D eigenvalue weighted by atomic mass is 9.96. The first-order chi connectivity index (χ1) is 12.0. The van der Waals surface area contributed by atoms with E-state index in [-0.39, 0.29) is 18.3 Å². The van der Waals surface area contributed by atoms with Crippen molar-refractivity contribution < 1.29 is 19.0 Å². The second-order valence-electron chi connectivity index (χ2n) is 6.52. The molecule has 0 radical (unpaired) electrons. The van der Waals surface area contributed by atoms with Crippen molar-refractivity contribution >= 4 is 5.91 Å². The van der Waals surface area contributed by atoms with Gasteiger partial charge >= 0.3 is 0 Å². The Balaban J connectivity index is 1.58. The van der Waals surface area contributed by atoms with E-state index in [2.05, 4.69) is 5.10 Å². The zero-order valence-corrected chi connectivity index (χ0v) is 14.2. The van der Waals surface area contributed by atoms with Crippen molar-refractivity contribution in [2.75, 3.05) is 19.7 Å². The minimum absolute atomic E-state index is 0.0724. The monoisotopic (exact) mass is 347 g/mol. The van der Waals surface area contributed by atoms with Crippen LogP contribution in [0.4, 0.5) is 4.39 Å². The molecule has 0 saturated carbocycles. The molecule has 0 bridgehead atoms. The van der Waals surface area contributed by atoms with E-state index >= 15 is 0 Å². The van der Waals surface area contributed by atoms with Gasteiger partial charge in [-0.05, 0) is 43.5 Å². The topological polar surface area (TPSA) is 67.6 Å². The molecule has 7 heteroatoms. The van der Waals surface area contributed by atoms with Crippen LogP contribution in [0.1, 0.15) is 29.6 Å². The first kappa shape index (κ1) is 17.4. The number of aromatic nitrogens is 2. The number of halogens is 1. The molecule has 1 aromatic carbocycles. The standard InChI is InChI=1S/C18H22FN3O3/c1-21-12-14(11-20-21)17(23)22-9-2-7-18(24,8-10-22)13-25-16-5-3-15(19)4-6-16/h3-6,11-12,24H,2,7-10,13H2,1H3. The second kappa shape index (κ2) is 7.23. The van der Waals surface area contributed by atoms with Gasteiger partial charge < -0.3 is 14.7 Å². The van der Waals surface area contributed by atoms with Crippen LogP contribution in [0.15, 0.2) is 36.7 Å². The fourth-order valence-electron chi connectivity index (χ4n) is 2.99. The number of carbonyl (C=O) groups is 1. The fourth-order valence-corrected chi connectivity index (χ4v) is 2.99. The van der Waals surface area contributed by atoms with Gasteiger partial charge in [0.25, 0.3) is 5.91 Å². The van der Waals surface area contributed by atoms with Crippen LogP contribution in [-0.2, 0) is 7.05 Å². The fraction of sp³-hybridized carbons (Fsp3) is 0.444. The predicted octanol–water partition coefficient (Wildman–Crippen LogP) is 2.00. The lowest BCUT2D eigenvalue weighted by Crippen LogP contribution is -2.38. The highest BCUT2D eigenvalue weighted by Gasteiger charge is 2.32. The number of aliphatic hydroxyl groups is 1. The van der Waals surface area contributed by atoms with Crippen LogP contribution in [0.2, 0.25) is 0 Å². The van der Waals surface area contributed by atoms with E-state index < -0.39 is 5.60 Å². The number of hydrogen-bond donors (Lipinski definition) is 1. The third-order valence-electron chi connectivity index (χ3n) is 4.48. The highest BCUT2D eigenvalue weighted by Crippen LogP contribution is 2.25. The highest BCUT2D eigenvalue weighted by atomic mass is 19.1. The van der Waals surface area contributed by atoms with E-state index in [0.717, 1.165) is 0 Å². The summed E-state index contributed by atoms with van der Waals surface area (Å²) in [5.74, 6) is 0.115. The number of amides is 1. The van der Waals surface area contributed by atoms with Crippen molar-refractivity contribution in [2.24, 2.45) is 7.05 Å². The second-order valence-corrected chi connectivity index (χ2v) is 6.52. The molecule has 3 rings (SSSR count). The Kier molecular flexibility index (Phi) is 5.03. The molecule has 1 saturated heterocycles. The third-order valence-corrected chi connectivity index (χ3v) is 4.48. The Bertz CT molecular complexity index is 731. The minimum atomic E-state index is -1.00. The lowest BCUT2D eigenvalue weighted by Gasteiger charge is -2.27. The van der Waals surface area contributed by atoms with E-state index in [0.29, 0.717) is 43.7 Å². The Labute approximate surface area is 145 Å². The van der Waals surface area contributed by atoms with Crippen LogP contribution in [0.5, 0.6) is 5.75 Å². The maximum atomic E-state index is 12.9. The van der Waals surface area contributed by atoms with Crippen LogP contribution in [0, 0.1) is 5.82 Å². The summed E-state index contributed by atoms with van der Waals surface area (Å²) < 4.78 is 20.1. The number of likely N-dealkylation sites (tertiary alicyclic amines) is 1. The summed E-state index contributed by atoms with van der Waals surface area (Å²) in [6.07, 6.45) is 4.91. The molecule has 1 N–H and O–H groups in total. The zero-order valence-electron chi connectivity index (χ0n) is 14.2. The highest BCUT2D eigenvalue weighted by molar-refractivity contribution is 5.93. The maximum absolute atomic E-state index is 12.9. The molecule has 1 unspecified atom stereocenters. The summed E-state index contributed by atoms with van der Waals surface area (Å²) in [5.41, 5.74) is -0.450. The summed E-state index contributed by atoms with van der Waals surface area (Å²) >= 11 is 0. The van der Waals surface area contributed by atoms with Crippen molar-refractivity contribution in [3.8, 4) is 5.75 Å². The van der Waals surface area contributed by atoms with Crippen molar-refractivity contribution in [1.82, 2.24) is 14.7 Å². The molecular formula is C18H22FN3O3. The summed E-state index contributed by atoms with van der Waals surface area (Å²) in [5, 5.41) is 14.8. The number of hydrogen-bond acceptors (Lipinski definition) is 4. The number of carbonyl (C=O) groups excluding carboxylic acids is 1. The molecule has 25 heavy (non-hydrogen) atoms. The summed E-state index contributed by atoms with van der Waals surface area (Å²) in [6.45, 7) is 1.16. The molecule has 2 aromatic rings. The first-order valence-electron chi connectivity index (χ1n) is 8.34. The average Bonchev–Trinajstić information content (AvgIpc) is 2.93. The van der Waals surface area contributed by atoms with E-state index in [1.165, 1.54) is 24.3 Å². The van der Waals surface area contributed by atoms with Crippen LogP contribution in [-0.4, -0.2) is 51.0 Å². The number of benzene rings is 1. The summed E-state index contributed by atoms with van der Waals surface area (Å²) in [6, 6.07) is 5.71. The Hall–Kier alpha value is -2.41. The van der Waals surface area contributed by atoms with Gasteiger partial charge in [-0.15, -0.1) is 0 Å². The van der Waals surface area contributed by atoms with Gasteiger partial charge in [0.15, 0.2) is 0 Å². The van der Waals surface area contributed by atoms with Gasteiger partial charge in [-0.25, -0.2) is 4.39 Å². The minimum Gasteiger partial charge on any atom is -0.491 e. The summed E-state index contributed by atoms with van der Waals surface area (Å²) in [4.78, 5) is 14.3. The van der Waals surface area contributed by atoms with Gasteiger partial charge in [-0.3, -0.25) is 9.48 Å². The van der Waals surface area contributed by atoms with E-state index in [1.807, 2.05) is 0 Å². The molecule has 134 valence electrons. The number of aryl methyl sites for hydroxylation is 1. The Morgan fingerprint density at radius 3 is 2.76 bits per heavy atom. The van der Waals surface area contributed by atoms with Gasteiger partial charge in [0.1, 0.15) is 23.8 Å². The van der Waals surface area contributed by atoms with Crippen molar-refractivity contribution in [3.05, 3.63) is 48.0 Å². The number of rotatable bonds is 4. The largest absolute Gasteiger partial charge is 0.491 e. The molecule has 0 spiro atoms. The molecule has 1 fully saturated rings. The van der Waals surface area contributed by atoms with Gasteiger partial charge in [0.05, 0.1) is 11.8 Å². The smallest absolute Gasteiger partial charge is 0.257 e. The van der Waals surface area contributed by atoms with E-state index in [4.69, 9.17) is 4.74 Å². The van der Waals surface area contributed by atoms with E-state index in [1.54, 1.807) is 29.0 Å². The van der Waals surface area contributed by atoms with Gasteiger partial charge in [0, 0.05) is 26.3 Å². The lowest BCUT2D eigenvalue weighted by molar-refractivity contribution is -0.0163. The van der Waals surface area contributed by atoms with Crippen LogP contribution >= 0.6 is 0 Å². The molecule has 1 aliphatic heterocycles. The molecule has 0 aliphatic carbocycles. The zero-order chi connectivity index (χ0) is 17.9. The predicted molar refractivity (Wildman–Crippen MR) is 89.8 cm³/mol. The Morgan fingerprint density at radius 2 is 2.08 bits per heavy atom. The van der Waals surface area contributed by atoms with Gasteiger partial charge in [0.2, 0.25) is 0 Å². The molecule has 6 nitrogen and oxygen atoms in total. The molecule has 1 aliphatic rings. The van der Waals surface area contributed by atoms with Gasteiger partial charge in [-0.1, -0.05) is 0 Å². The first-order valence-corrected chi connectivity index (χ1v) is 8.34. The Morgan fingerprint density at radius 1 is 1.32 bits per heavy atom. The average molecular weight is 347 g/mol.